The fourth-order valence-electron chi connectivity index (χ4n) is 6.48. The van der Waals surface area contributed by atoms with Gasteiger partial charge in [0.1, 0.15) is 6.10 Å². The van der Waals surface area contributed by atoms with Crippen LogP contribution in [0.4, 0.5) is 0 Å². The summed E-state index contributed by atoms with van der Waals surface area (Å²) in [4.78, 5) is 2.58. The minimum atomic E-state index is -0.699. The number of phenols is 1. The third-order valence-electron chi connectivity index (χ3n) is 7.66. The highest BCUT2D eigenvalue weighted by Gasteiger charge is 2.71. The topological polar surface area (TPSA) is 52.9 Å². The van der Waals surface area contributed by atoms with Gasteiger partial charge >= 0.3 is 0 Å². The number of aliphatic hydroxyl groups is 1. The number of nitrogens with zero attached hydrogens (tertiary/aromatic N) is 1. The van der Waals surface area contributed by atoms with E-state index in [4.69, 9.17) is 4.74 Å². The monoisotopic (exact) mass is 327 g/mol. The van der Waals surface area contributed by atoms with E-state index >= 15 is 0 Å². The number of benzene rings is 1. The number of ether oxygens (including phenoxy) is 1. The molecular formula is C20H25NO3. The van der Waals surface area contributed by atoms with Gasteiger partial charge in [0.25, 0.3) is 0 Å². The first-order valence-corrected chi connectivity index (χ1v) is 9.62. The Morgan fingerprint density at radius 2 is 2.08 bits per heavy atom. The molecule has 4 atom stereocenters. The van der Waals surface area contributed by atoms with Crippen molar-refractivity contribution in [2.45, 2.75) is 68.1 Å². The lowest BCUT2D eigenvalue weighted by atomic mass is 9.49. The second kappa shape index (κ2) is 4.28. The van der Waals surface area contributed by atoms with Crippen molar-refractivity contribution < 1.29 is 14.9 Å². The molecular weight excluding hydrogens is 302 g/mol. The van der Waals surface area contributed by atoms with Gasteiger partial charge in [0.15, 0.2) is 11.5 Å². The maximum Gasteiger partial charge on any atom is 0.165 e. The van der Waals surface area contributed by atoms with Gasteiger partial charge in [-0.3, -0.25) is 4.90 Å². The van der Waals surface area contributed by atoms with Crippen molar-refractivity contribution in [2.24, 2.45) is 5.92 Å². The average molecular weight is 327 g/mol. The molecule has 1 aromatic rings. The predicted molar refractivity (Wildman–Crippen MR) is 89.4 cm³/mol. The Hall–Kier alpha value is -1.26. The molecule has 0 aromatic heterocycles. The molecule has 3 fully saturated rings. The Bertz CT molecular complexity index is 730. The lowest BCUT2D eigenvalue weighted by Gasteiger charge is -2.63. The van der Waals surface area contributed by atoms with Gasteiger partial charge in [0.2, 0.25) is 0 Å². The number of piperidine rings is 1. The van der Waals surface area contributed by atoms with Crippen LogP contribution < -0.4 is 4.74 Å². The van der Waals surface area contributed by atoms with Crippen molar-refractivity contribution in [1.29, 1.82) is 0 Å². The van der Waals surface area contributed by atoms with E-state index in [0.29, 0.717) is 5.75 Å². The zero-order valence-electron chi connectivity index (χ0n) is 14.0. The quantitative estimate of drug-likeness (QED) is 0.875. The van der Waals surface area contributed by atoms with E-state index < -0.39 is 5.60 Å². The van der Waals surface area contributed by atoms with Crippen molar-refractivity contribution in [3.05, 3.63) is 23.3 Å². The molecule has 5 aliphatic rings. The van der Waals surface area contributed by atoms with Gasteiger partial charge in [-0.1, -0.05) is 6.07 Å². The normalized spacial score (nSPS) is 42.5. The molecule has 4 heteroatoms. The Morgan fingerprint density at radius 1 is 1.21 bits per heavy atom. The van der Waals surface area contributed by atoms with Crippen molar-refractivity contribution in [1.82, 2.24) is 4.90 Å². The Kier molecular flexibility index (Phi) is 2.49. The lowest BCUT2D eigenvalue weighted by molar-refractivity contribution is -0.185. The SMILES string of the molecule is Oc1ccc2c3c1O[C@H]1CCCC4(O)[C@@H](C2)N(CC2CC2)CC[C@]314. The average Bonchev–Trinajstić information content (AvgIpc) is 3.30. The standard InChI is InChI=1S/C20H25NO3/c22-14-6-5-13-10-15-20(23)7-1-2-16-19(20,17(13)18(14)24-16)8-9-21(15)11-12-3-4-12/h5-6,12,15-16,22-23H,1-4,7-11H2/t15-,16+,19-,20?/m1/s1. The van der Waals surface area contributed by atoms with E-state index in [-0.39, 0.29) is 23.3 Å². The van der Waals surface area contributed by atoms with Crippen LogP contribution in [-0.4, -0.2) is 45.9 Å². The zero-order valence-corrected chi connectivity index (χ0v) is 14.0. The molecule has 4 nitrogen and oxygen atoms in total. The van der Waals surface area contributed by atoms with Crippen LogP contribution in [0.5, 0.6) is 11.5 Å². The maximum absolute atomic E-state index is 12.0. The summed E-state index contributed by atoms with van der Waals surface area (Å²) in [7, 11) is 0. The molecule has 1 aromatic carbocycles. The van der Waals surface area contributed by atoms with Crippen molar-refractivity contribution in [2.75, 3.05) is 13.1 Å². The number of rotatable bonds is 2. The third-order valence-corrected chi connectivity index (χ3v) is 7.66. The number of hydrogen-bond acceptors (Lipinski definition) is 4. The summed E-state index contributed by atoms with van der Waals surface area (Å²) < 4.78 is 6.27. The van der Waals surface area contributed by atoms with E-state index in [1.54, 1.807) is 6.07 Å². The molecule has 1 spiro atoms. The number of aromatic hydroxyl groups is 1. The van der Waals surface area contributed by atoms with Gasteiger partial charge in [-0.05, 0) is 69.0 Å². The van der Waals surface area contributed by atoms with E-state index in [1.807, 2.05) is 0 Å². The number of likely N-dealkylation sites (tertiary alicyclic amines) is 1. The molecule has 2 aliphatic heterocycles. The molecule has 6 rings (SSSR count). The highest BCUT2D eigenvalue weighted by atomic mass is 16.5. The molecule has 0 radical (unpaired) electrons. The van der Waals surface area contributed by atoms with E-state index in [1.165, 1.54) is 18.4 Å². The van der Waals surface area contributed by atoms with Gasteiger partial charge in [0.05, 0.1) is 11.0 Å². The van der Waals surface area contributed by atoms with Crippen molar-refractivity contribution >= 4 is 0 Å². The summed E-state index contributed by atoms with van der Waals surface area (Å²) >= 11 is 0. The van der Waals surface area contributed by atoms with Gasteiger partial charge in [-0.2, -0.15) is 0 Å². The van der Waals surface area contributed by atoms with Gasteiger partial charge in [-0.25, -0.2) is 0 Å². The number of hydrogen-bond donors (Lipinski definition) is 2. The van der Waals surface area contributed by atoms with Crippen LogP contribution in [0, 0.1) is 5.92 Å². The third kappa shape index (κ3) is 1.45. The highest BCUT2D eigenvalue weighted by molar-refractivity contribution is 5.62. The summed E-state index contributed by atoms with van der Waals surface area (Å²) in [6.07, 6.45) is 7.47. The minimum Gasteiger partial charge on any atom is -0.504 e. The zero-order chi connectivity index (χ0) is 16.1. The molecule has 0 amide bonds. The Morgan fingerprint density at radius 3 is 2.92 bits per heavy atom. The molecule has 128 valence electrons. The Labute approximate surface area is 142 Å². The van der Waals surface area contributed by atoms with E-state index in [2.05, 4.69) is 11.0 Å². The molecule has 2 heterocycles. The molecule has 2 saturated carbocycles. The highest BCUT2D eigenvalue weighted by Crippen LogP contribution is 2.65. The summed E-state index contributed by atoms with van der Waals surface area (Å²) in [5.74, 6) is 1.77. The largest absolute Gasteiger partial charge is 0.504 e. The van der Waals surface area contributed by atoms with Gasteiger partial charge in [0, 0.05) is 18.2 Å². The second-order valence-electron chi connectivity index (χ2n) is 8.75. The van der Waals surface area contributed by atoms with Crippen LogP contribution in [0.2, 0.25) is 0 Å². The van der Waals surface area contributed by atoms with Gasteiger partial charge in [-0.15, -0.1) is 0 Å². The summed E-state index contributed by atoms with van der Waals surface area (Å²) in [5.41, 5.74) is 1.45. The molecule has 2 bridgehead atoms. The first-order chi connectivity index (χ1) is 11.6. The molecule has 1 unspecified atom stereocenters. The maximum atomic E-state index is 12.0. The van der Waals surface area contributed by atoms with Crippen LogP contribution in [-0.2, 0) is 11.8 Å². The van der Waals surface area contributed by atoms with Crippen LogP contribution in [0.25, 0.3) is 0 Å². The Balaban J connectivity index is 1.56. The molecule has 24 heavy (non-hydrogen) atoms. The fraction of sp³-hybridized carbons (Fsp3) is 0.700. The van der Waals surface area contributed by atoms with Crippen LogP contribution in [0.15, 0.2) is 12.1 Å². The minimum absolute atomic E-state index is 0.0316. The summed E-state index contributed by atoms with van der Waals surface area (Å²) in [6.45, 7) is 2.20. The lowest BCUT2D eigenvalue weighted by Crippen LogP contribution is -2.75. The van der Waals surface area contributed by atoms with Gasteiger partial charge < -0.3 is 14.9 Å². The summed E-state index contributed by atoms with van der Waals surface area (Å²) in [6, 6.07) is 4.07. The van der Waals surface area contributed by atoms with Crippen LogP contribution in [0.1, 0.15) is 49.7 Å². The van der Waals surface area contributed by atoms with E-state index in [9.17, 15) is 10.2 Å². The molecule has 1 saturated heterocycles. The predicted octanol–water partition coefficient (Wildman–Crippen LogP) is 2.35. The number of phenolic OH excluding ortho intramolecular Hbond substituents is 1. The van der Waals surface area contributed by atoms with Crippen molar-refractivity contribution in [3.63, 3.8) is 0 Å². The first-order valence-electron chi connectivity index (χ1n) is 9.62. The van der Waals surface area contributed by atoms with Crippen LogP contribution in [0.3, 0.4) is 0 Å². The fourth-order valence-corrected chi connectivity index (χ4v) is 6.48. The van der Waals surface area contributed by atoms with E-state index in [0.717, 1.165) is 56.7 Å². The molecule has 2 N–H and O–H groups in total. The molecule has 3 aliphatic carbocycles. The second-order valence-corrected chi connectivity index (χ2v) is 8.75. The van der Waals surface area contributed by atoms with Crippen LogP contribution >= 0.6 is 0 Å². The summed E-state index contributed by atoms with van der Waals surface area (Å²) in [5, 5.41) is 22.4. The first kappa shape index (κ1) is 14.0. The smallest absolute Gasteiger partial charge is 0.165 e. The van der Waals surface area contributed by atoms with Crippen molar-refractivity contribution in [3.8, 4) is 11.5 Å².